The van der Waals surface area contributed by atoms with Gasteiger partial charge in [0.1, 0.15) is 6.54 Å². The van der Waals surface area contributed by atoms with Crippen molar-refractivity contribution in [3.05, 3.63) is 35.2 Å². The number of H-pyrrole nitrogens is 1. The first kappa shape index (κ1) is 25.2. The molecule has 0 radical (unpaired) electrons. The number of nitrogens with zero attached hydrogens (tertiary/aromatic N) is 4. The molecule has 0 bridgehead atoms. The molecule has 1 N–H and O–H groups in total. The summed E-state index contributed by atoms with van der Waals surface area (Å²) in [7, 11) is 0. The molecule has 0 saturated carbocycles. The van der Waals surface area contributed by atoms with Gasteiger partial charge in [0, 0.05) is 11.4 Å². The molecule has 2 aromatic rings. The molecule has 0 atom stereocenters. The lowest BCUT2D eigenvalue weighted by Crippen LogP contribution is -1.95. The Morgan fingerprint density at radius 1 is 1.08 bits per heavy atom. The highest BCUT2D eigenvalue weighted by atomic mass is 15.1. The van der Waals surface area contributed by atoms with E-state index in [1.165, 1.54) is 11.3 Å². The van der Waals surface area contributed by atoms with E-state index in [1.807, 2.05) is 52.3 Å². The van der Waals surface area contributed by atoms with Gasteiger partial charge in [-0.25, -0.2) is 4.98 Å². The molecule has 0 fully saturated rings. The minimum absolute atomic E-state index is 0.396. The second-order valence-electron chi connectivity index (χ2n) is 5.75. The van der Waals surface area contributed by atoms with Gasteiger partial charge in [-0.1, -0.05) is 55.4 Å². The van der Waals surface area contributed by atoms with Crippen molar-refractivity contribution in [1.29, 1.82) is 5.26 Å². The number of imidazole rings is 1. The topological polar surface area (TPSA) is 70.3 Å². The van der Waals surface area contributed by atoms with Gasteiger partial charge in [0.15, 0.2) is 0 Å². The summed E-state index contributed by atoms with van der Waals surface area (Å²) in [5, 5.41) is 15.4. The van der Waals surface area contributed by atoms with Crippen LogP contribution in [0, 0.1) is 25.2 Å². The number of nitriles is 1. The van der Waals surface area contributed by atoms with Gasteiger partial charge >= 0.3 is 0 Å². The second kappa shape index (κ2) is 14.3. The molecule has 2 aromatic heterocycles. The van der Waals surface area contributed by atoms with Gasteiger partial charge in [-0.05, 0) is 31.2 Å². The molecule has 2 rings (SSSR count). The van der Waals surface area contributed by atoms with Crippen molar-refractivity contribution in [2.24, 2.45) is 0 Å². The first-order chi connectivity index (χ1) is 11.9. The molecule has 0 saturated heterocycles. The predicted octanol–water partition coefficient (Wildman–Crippen LogP) is 5.73. The average Bonchev–Trinajstić information content (AvgIpc) is 3.22. The Kier molecular flexibility index (Phi) is 14.4. The van der Waals surface area contributed by atoms with Crippen molar-refractivity contribution in [1.82, 2.24) is 19.7 Å². The van der Waals surface area contributed by atoms with Gasteiger partial charge in [0.05, 0.1) is 24.3 Å². The summed E-state index contributed by atoms with van der Waals surface area (Å²) >= 11 is 0. The Hall–Kier alpha value is -2.09. The zero-order chi connectivity index (χ0) is 20.0. The fourth-order valence-electron chi connectivity index (χ4n) is 2.01. The van der Waals surface area contributed by atoms with Crippen LogP contribution in [0.2, 0.25) is 0 Å². The number of aromatic nitrogens is 4. The maximum atomic E-state index is 8.35. The summed E-state index contributed by atoms with van der Waals surface area (Å²) in [6.07, 6.45) is 3.62. The predicted molar refractivity (Wildman–Crippen MR) is 107 cm³/mol. The van der Waals surface area contributed by atoms with Crippen LogP contribution in [0.3, 0.4) is 0 Å². The molecule has 0 aliphatic rings. The van der Waals surface area contributed by atoms with E-state index in [4.69, 9.17) is 5.26 Å². The molecule has 0 aliphatic carbocycles. The zero-order valence-electron chi connectivity index (χ0n) is 17.8. The number of hydrogen-bond donors (Lipinski definition) is 1. The van der Waals surface area contributed by atoms with Crippen LogP contribution in [0.5, 0.6) is 0 Å². The smallest absolute Gasteiger partial charge is 0.111 e. The van der Waals surface area contributed by atoms with Crippen LogP contribution in [0.25, 0.3) is 0 Å². The zero-order valence-corrected chi connectivity index (χ0v) is 17.8. The number of hydrogen-bond acceptors (Lipinski definition) is 3. The van der Waals surface area contributed by atoms with Gasteiger partial charge in [-0.3, -0.25) is 5.10 Å². The lowest BCUT2D eigenvalue weighted by Gasteiger charge is -2.07. The van der Waals surface area contributed by atoms with Crippen molar-refractivity contribution < 1.29 is 0 Å². The molecule has 5 nitrogen and oxygen atoms in total. The lowest BCUT2D eigenvalue weighted by atomic mass is 9.98. The first-order valence-corrected chi connectivity index (χ1v) is 9.26. The van der Waals surface area contributed by atoms with E-state index < -0.39 is 0 Å². The Balaban J connectivity index is 0. The summed E-state index contributed by atoms with van der Waals surface area (Å²) in [5.74, 6) is 1.13. The van der Waals surface area contributed by atoms with Gasteiger partial charge < -0.3 is 4.57 Å². The van der Waals surface area contributed by atoms with Crippen LogP contribution in [-0.2, 0) is 6.54 Å². The van der Waals surface area contributed by atoms with E-state index in [2.05, 4.69) is 48.9 Å². The summed E-state index contributed by atoms with van der Waals surface area (Å²) < 4.78 is 1.83. The number of rotatable bonds is 3. The maximum Gasteiger partial charge on any atom is 0.111 e. The molecule has 25 heavy (non-hydrogen) atoms. The molecule has 0 aliphatic heterocycles. The number of aromatic amines is 1. The van der Waals surface area contributed by atoms with Crippen LogP contribution in [-0.4, -0.2) is 19.7 Å². The van der Waals surface area contributed by atoms with E-state index in [0.717, 1.165) is 11.4 Å². The lowest BCUT2D eigenvalue weighted by molar-refractivity contribution is 0.767. The highest BCUT2D eigenvalue weighted by molar-refractivity contribution is 5.22. The summed E-state index contributed by atoms with van der Waals surface area (Å²) in [5.41, 5.74) is 4.69. The summed E-state index contributed by atoms with van der Waals surface area (Å²) in [6, 6.07) is 2.06. The Morgan fingerprint density at radius 2 is 1.64 bits per heavy atom. The Bertz CT molecular complexity index is 577. The van der Waals surface area contributed by atoms with Gasteiger partial charge in [-0.2, -0.15) is 10.4 Å². The monoisotopic (exact) mass is 347 g/mol. The van der Waals surface area contributed by atoms with Gasteiger partial charge in [0.25, 0.3) is 0 Å². The summed E-state index contributed by atoms with van der Waals surface area (Å²) in [6.45, 7) is 21.0. The van der Waals surface area contributed by atoms with Crippen LogP contribution in [0.4, 0.5) is 0 Å². The van der Waals surface area contributed by atoms with Crippen LogP contribution < -0.4 is 0 Å². The van der Waals surface area contributed by atoms with Crippen molar-refractivity contribution in [2.45, 2.75) is 87.6 Å². The second-order valence-corrected chi connectivity index (χ2v) is 5.75. The third-order valence-corrected chi connectivity index (χ3v) is 3.49. The summed E-state index contributed by atoms with van der Waals surface area (Å²) in [4.78, 5) is 4.05. The molecule has 0 aromatic carbocycles. The Labute approximate surface area is 154 Å². The van der Waals surface area contributed by atoms with Crippen molar-refractivity contribution in [3.63, 3.8) is 0 Å². The molecule has 142 valence electrons. The minimum atomic E-state index is 0.396. The van der Waals surface area contributed by atoms with Gasteiger partial charge in [0.2, 0.25) is 0 Å². The number of aryl methyl sites for hydroxylation is 1. The van der Waals surface area contributed by atoms with Crippen molar-refractivity contribution >= 4 is 0 Å². The standard InChI is InChI=1S/C9H16N2.C7H9N3.2C2H6/c1-6(2)8-5-10-11-9(8)7(3)4;1-6-7(2)10(4-3-8)5-9-6;2*1-2/h5-7H,1-4H3,(H,10,11);5H,4H2,1-2H3;2*1-2H3. The maximum absolute atomic E-state index is 8.35. The van der Waals surface area contributed by atoms with Crippen LogP contribution in [0.15, 0.2) is 12.5 Å². The SMILES string of the molecule is CC.CC.CC(C)c1cn[nH]c1C(C)C.Cc1ncn(CC#N)c1C. The normalized spacial score (nSPS) is 9.24. The molecule has 0 amide bonds. The molecule has 0 spiro atoms. The van der Waals surface area contributed by atoms with E-state index in [-0.39, 0.29) is 0 Å². The Morgan fingerprint density at radius 3 is 1.96 bits per heavy atom. The van der Waals surface area contributed by atoms with E-state index in [0.29, 0.717) is 18.4 Å². The number of nitrogens with one attached hydrogen (secondary N) is 1. The molecular weight excluding hydrogens is 310 g/mol. The average molecular weight is 348 g/mol. The van der Waals surface area contributed by atoms with Crippen molar-refractivity contribution in [2.75, 3.05) is 0 Å². The van der Waals surface area contributed by atoms with Crippen LogP contribution >= 0.6 is 0 Å². The van der Waals surface area contributed by atoms with Crippen LogP contribution in [0.1, 0.15) is 89.9 Å². The minimum Gasteiger partial charge on any atom is -0.321 e. The third-order valence-electron chi connectivity index (χ3n) is 3.49. The van der Waals surface area contributed by atoms with E-state index >= 15 is 0 Å². The quantitative estimate of drug-likeness (QED) is 0.770. The first-order valence-electron chi connectivity index (χ1n) is 9.26. The molecular formula is C20H37N5. The highest BCUT2D eigenvalue weighted by Gasteiger charge is 2.10. The van der Waals surface area contributed by atoms with E-state index in [1.54, 1.807) is 6.33 Å². The fourth-order valence-corrected chi connectivity index (χ4v) is 2.01. The molecule has 2 heterocycles. The van der Waals surface area contributed by atoms with Gasteiger partial charge in [-0.15, -0.1) is 0 Å². The fraction of sp³-hybridized carbons (Fsp3) is 0.650. The van der Waals surface area contributed by atoms with Crippen molar-refractivity contribution in [3.8, 4) is 6.07 Å². The third kappa shape index (κ3) is 8.53. The highest BCUT2D eigenvalue weighted by Crippen LogP contribution is 2.22. The van der Waals surface area contributed by atoms with E-state index in [9.17, 15) is 0 Å². The molecule has 0 unspecified atom stereocenters. The molecule has 5 heteroatoms. The largest absolute Gasteiger partial charge is 0.321 e.